The summed E-state index contributed by atoms with van der Waals surface area (Å²) in [6, 6.07) is 8.41. The maximum Gasteiger partial charge on any atom is 0.339 e. The number of rotatable bonds is 3. The third-order valence-electron chi connectivity index (χ3n) is 4.16. The number of hydrogen-bond donors (Lipinski definition) is 1. The lowest BCUT2D eigenvalue weighted by atomic mass is 9.74. The predicted molar refractivity (Wildman–Crippen MR) is 84.6 cm³/mol. The topological polar surface area (TPSA) is 52.3 Å². The van der Waals surface area contributed by atoms with Gasteiger partial charge in [0.1, 0.15) is 0 Å². The first-order valence-corrected chi connectivity index (χ1v) is 8.18. The minimum absolute atomic E-state index is 0.266. The molecular formula is C17H19NO2S. The summed E-state index contributed by atoms with van der Waals surface area (Å²) in [5, 5.41) is 3.85. The number of hydrogen-bond acceptors (Lipinski definition) is 4. The van der Waals surface area contributed by atoms with E-state index in [9.17, 15) is 4.79 Å². The Hall–Kier alpha value is -1.65. The summed E-state index contributed by atoms with van der Waals surface area (Å²) in [6.45, 7) is 2.20. The highest BCUT2D eigenvalue weighted by Crippen LogP contribution is 2.37. The zero-order valence-corrected chi connectivity index (χ0v) is 12.9. The van der Waals surface area contributed by atoms with E-state index in [1.54, 1.807) is 0 Å². The Morgan fingerprint density at radius 3 is 2.86 bits per heavy atom. The molecule has 110 valence electrons. The summed E-state index contributed by atoms with van der Waals surface area (Å²) >= 11 is 1.51. The number of benzene rings is 1. The largest absolute Gasteiger partial charge is 0.462 e. The summed E-state index contributed by atoms with van der Waals surface area (Å²) < 4.78 is 5.14. The molecule has 1 unspecified atom stereocenters. The Morgan fingerprint density at radius 1 is 1.33 bits per heavy atom. The summed E-state index contributed by atoms with van der Waals surface area (Å²) in [6.07, 6.45) is 2.57. The molecule has 3 nitrogen and oxygen atoms in total. The van der Waals surface area contributed by atoms with Crippen LogP contribution in [0.25, 0.3) is 0 Å². The molecule has 21 heavy (non-hydrogen) atoms. The van der Waals surface area contributed by atoms with Gasteiger partial charge < -0.3 is 10.5 Å². The molecule has 0 fully saturated rings. The number of carbonyl (C=O) groups is 1. The molecule has 4 heteroatoms. The molecule has 1 heterocycles. The molecular weight excluding hydrogens is 282 g/mol. The molecule has 1 aliphatic rings. The fourth-order valence-corrected chi connectivity index (χ4v) is 3.96. The lowest BCUT2D eigenvalue weighted by Crippen LogP contribution is -2.43. The fraction of sp³-hybridized carbons (Fsp3) is 0.353. The Bertz CT molecular complexity index is 664. The first-order chi connectivity index (χ1) is 10.1. The van der Waals surface area contributed by atoms with E-state index >= 15 is 0 Å². The molecule has 0 aliphatic heterocycles. The van der Waals surface area contributed by atoms with Crippen molar-refractivity contribution in [2.75, 3.05) is 6.61 Å². The van der Waals surface area contributed by atoms with E-state index in [-0.39, 0.29) is 5.97 Å². The third kappa shape index (κ3) is 2.61. The van der Waals surface area contributed by atoms with E-state index in [0.29, 0.717) is 12.2 Å². The van der Waals surface area contributed by atoms with Gasteiger partial charge in [0.2, 0.25) is 0 Å². The number of fused-ring (bicyclic) bond motifs is 1. The fourth-order valence-electron chi connectivity index (χ4n) is 3.04. The van der Waals surface area contributed by atoms with Crippen LogP contribution in [-0.2, 0) is 23.1 Å². The van der Waals surface area contributed by atoms with Crippen LogP contribution in [0.1, 0.15) is 40.4 Å². The van der Waals surface area contributed by atoms with Gasteiger partial charge >= 0.3 is 5.97 Å². The van der Waals surface area contributed by atoms with Gasteiger partial charge in [0.15, 0.2) is 0 Å². The van der Waals surface area contributed by atoms with Crippen molar-refractivity contribution >= 4 is 17.3 Å². The average molecular weight is 301 g/mol. The van der Waals surface area contributed by atoms with Crippen LogP contribution in [0.2, 0.25) is 0 Å². The Kier molecular flexibility index (Phi) is 3.83. The summed E-state index contributed by atoms with van der Waals surface area (Å²) in [7, 11) is 0. The molecule has 0 saturated heterocycles. The van der Waals surface area contributed by atoms with Crippen LogP contribution in [0.5, 0.6) is 0 Å². The van der Waals surface area contributed by atoms with E-state index < -0.39 is 5.54 Å². The van der Waals surface area contributed by atoms with Gasteiger partial charge in [-0.2, -0.15) is 11.3 Å². The Balaban J connectivity index is 1.94. The molecule has 0 amide bonds. The Morgan fingerprint density at radius 2 is 2.10 bits per heavy atom. The van der Waals surface area contributed by atoms with Crippen LogP contribution in [0.4, 0.5) is 0 Å². The highest BCUT2D eigenvalue weighted by molar-refractivity contribution is 7.08. The number of thiophene rings is 1. The monoisotopic (exact) mass is 301 g/mol. The van der Waals surface area contributed by atoms with Crippen LogP contribution >= 0.6 is 11.3 Å². The molecule has 1 atom stereocenters. The third-order valence-corrected chi connectivity index (χ3v) is 4.90. The minimum atomic E-state index is -0.476. The molecule has 0 radical (unpaired) electrons. The minimum Gasteiger partial charge on any atom is -0.462 e. The quantitative estimate of drug-likeness (QED) is 0.885. The van der Waals surface area contributed by atoms with E-state index in [4.69, 9.17) is 10.5 Å². The van der Waals surface area contributed by atoms with Crippen LogP contribution in [0.15, 0.2) is 35.0 Å². The van der Waals surface area contributed by atoms with Crippen molar-refractivity contribution in [3.05, 3.63) is 57.3 Å². The smallest absolute Gasteiger partial charge is 0.339 e. The van der Waals surface area contributed by atoms with E-state index in [1.807, 2.05) is 23.8 Å². The van der Waals surface area contributed by atoms with Gasteiger partial charge in [-0.25, -0.2) is 4.79 Å². The van der Waals surface area contributed by atoms with Crippen molar-refractivity contribution in [1.29, 1.82) is 0 Å². The lowest BCUT2D eigenvalue weighted by Gasteiger charge is -2.35. The zero-order chi connectivity index (χ0) is 14.9. The highest BCUT2D eigenvalue weighted by Gasteiger charge is 2.35. The molecule has 0 spiro atoms. The normalized spacial score (nSPS) is 20.9. The zero-order valence-electron chi connectivity index (χ0n) is 12.1. The number of nitrogens with two attached hydrogens (primary N) is 1. The van der Waals surface area contributed by atoms with Crippen LogP contribution in [0.3, 0.4) is 0 Å². The van der Waals surface area contributed by atoms with Crippen molar-refractivity contribution in [3.8, 4) is 0 Å². The molecule has 1 aliphatic carbocycles. The highest BCUT2D eigenvalue weighted by atomic mass is 32.1. The van der Waals surface area contributed by atoms with E-state index in [2.05, 4.69) is 18.2 Å². The maximum absolute atomic E-state index is 12.1. The van der Waals surface area contributed by atoms with Gasteiger partial charge in [-0.1, -0.05) is 24.3 Å². The first kappa shape index (κ1) is 14.3. The summed E-state index contributed by atoms with van der Waals surface area (Å²) in [5.74, 6) is -0.266. The number of carbonyl (C=O) groups excluding carboxylic acids is 1. The van der Waals surface area contributed by atoms with Crippen LogP contribution < -0.4 is 5.73 Å². The van der Waals surface area contributed by atoms with Crippen molar-refractivity contribution in [3.63, 3.8) is 0 Å². The van der Waals surface area contributed by atoms with Crippen molar-refractivity contribution in [2.45, 2.75) is 31.7 Å². The predicted octanol–water partition coefficient (Wildman–Crippen LogP) is 3.27. The summed E-state index contributed by atoms with van der Waals surface area (Å²) in [4.78, 5) is 12.1. The molecule has 2 aromatic rings. The second-order valence-corrected chi connectivity index (χ2v) is 6.26. The van der Waals surface area contributed by atoms with Gasteiger partial charge in [0.25, 0.3) is 0 Å². The molecule has 1 aromatic heterocycles. The second-order valence-electron chi connectivity index (χ2n) is 5.52. The standard InChI is InChI=1S/C17H19NO2S/c1-2-20-16(19)14-10-21-11-15(14)17(18)8-7-12-5-3-4-6-13(12)9-17/h3-6,10-11H,2,7-9,18H2,1H3. The summed E-state index contributed by atoms with van der Waals surface area (Å²) in [5.41, 5.74) is 10.4. The molecule has 0 saturated carbocycles. The molecule has 3 rings (SSSR count). The lowest BCUT2D eigenvalue weighted by molar-refractivity contribution is 0.0523. The second kappa shape index (κ2) is 5.62. The van der Waals surface area contributed by atoms with E-state index in [0.717, 1.165) is 24.8 Å². The van der Waals surface area contributed by atoms with Crippen molar-refractivity contribution in [1.82, 2.24) is 0 Å². The molecule has 2 N–H and O–H groups in total. The average Bonchev–Trinajstić information content (AvgIpc) is 2.98. The van der Waals surface area contributed by atoms with Crippen molar-refractivity contribution < 1.29 is 9.53 Å². The van der Waals surface area contributed by atoms with Gasteiger partial charge in [0, 0.05) is 10.9 Å². The number of ether oxygens (including phenoxy) is 1. The SMILES string of the molecule is CCOC(=O)c1cscc1C1(N)CCc2ccccc2C1. The van der Waals surface area contributed by atoms with Gasteiger partial charge in [-0.15, -0.1) is 0 Å². The van der Waals surface area contributed by atoms with Crippen LogP contribution in [-0.4, -0.2) is 12.6 Å². The van der Waals surface area contributed by atoms with Crippen LogP contribution in [0, 0.1) is 0 Å². The maximum atomic E-state index is 12.1. The van der Waals surface area contributed by atoms with Gasteiger partial charge in [-0.3, -0.25) is 0 Å². The Labute approximate surface area is 128 Å². The molecule has 1 aromatic carbocycles. The molecule has 0 bridgehead atoms. The number of esters is 1. The van der Waals surface area contributed by atoms with Crippen molar-refractivity contribution in [2.24, 2.45) is 5.73 Å². The number of aryl methyl sites for hydroxylation is 1. The van der Waals surface area contributed by atoms with Gasteiger partial charge in [-0.05, 0) is 48.3 Å². The first-order valence-electron chi connectivity index (χ1n) is 7.23. The van der Waals surface area contributed by atoms with E-state index in [1.165, 1.54) is 22.5 Å². The van der Waals surface area contributed by atoms with Gasteiger partial charge in [0.05, 0.1) is 12.2 Å².